The van der Waals surface area contributed by atoms with Crippen LogP contribution in [-0.4, -0.2) is 24.5 Å². The molecule has 1 fully saturated rings. The summed E-state index contributed by atoms with van der Waals surface area (Å²) in [5.74, 6) is -0.119. The molecule has 2 nitrogen and oxygen atoms in total. The van der Waals surface area contributed by atoms with Gasteiger partial charge in [-0.2, -0.15) is 0 Å². The molecule has 3 heteroatoms. The lowest BCUT2D eigenvalue weighted by atomic mass is 9.61. The average molecular weight is 288 g/mol. The third-order valence-corrected chi connectivity index (χ3v) is 5.14. The standard InChI is InChI=1S/C18H25FN2/c1-17(2,3)18(14-20-4)9-11-21(12-10-18)13-15-7-5-6-8-16(15)19/h5-8H,9-14H2,1-3H3. The monoisotopic (exact) mass is 288 g/mol. The normalized spacial score (nSPS) is 19.2. The first-order valence-corrected chi connectivity index (χ1v) is 7.67. The molecule has 1 heterocycles. The molecule has 0 unspecified atom stereocenters. The van der Waals surface area contributed by atoms with Crippen molar-refractivity contribution in [1.82, 2.24) is 4.90 Å². The summed E-state index contributed by atoms with van der Waals surface area (Å²) < 4.78 is 13.7. The van der Waals surface area contributed by atoms with Crippen molar-refractivity contribution < 1.29 is 4.39 Å². The van der Waals surface area contributed by atoms with Gasteiger partial charge in [0.1, 0.15) is 5.82 Å². The first kappa shape index (κ1) is 16.0. The van der Waals surface area contributed by atoms with Gasteiger partial charge in [-0.3, -0.25) is 4.90 Å². The summed E-state index contributed by atoms with van der Waals surface area (Å²) in [6.45, 7) is 17.1. The van der Waals surface area contributed by atoms with Crippen LogP contribution in [0.25, 0.3) is 4.85 Å². The first-order chi connectivity index (χ1) is 9.88. The topological polar surface area (TPSA) is 7.60 Å². The molecule has 2 rings (SSSR count). The van der Waals surface area contributed by atoms with E-state index in [1.807, 2.05) is 12.1 Å². The van der Waals surface area contributed by atoms with Crippen LogP contribution in [0.2, 0.25) is 0 Å². The third-order valence-electron chi connectivity index (χ3n) is 5.14. The third kappa shape index (κ3) is 3.44. The predicted octanol–water partition coefficient (Wildman–Crippen LogP) is 4.37. The van der Waals surface area contributed by atoms with E-state index < -0.39 is 0 Å². The van der Waals surface area contributed by atoms with Crippen molar-refractivity contribution in [2.45, 2.75) is 40.2 Å². The van der Waals surface area contributed by atoms with Gasteiger partial charge in [-0.15, -0.1) is 0 Å². The van der Waals surface area contributed by atoms with Crippen molar-refractivity contribution >= 4 is 0 Å². The van der Waals surface area contributed by atoms with Crippen LogP contribution >= 0.6 is 0 Å². The highest BCUT2D eigenvalue weighted by Gasteiger charge is 2.46. The maximum absolute atomic E-state index is 13.7. The number of hydrogen-bond acceptors (Lipinski definition) is 1. The van der Waals surface area contributed by atoms with E-state index in [0.717, 1.165) is 31.5 Å². The molecule has 1 aliphatic heterocycles. The van der Waals surface area contributed by atoms with Gasteiger partial charge in [-0.05, 0) is 37.4 Å². The van der Waals surface area contributed by atoms with Crippen LogP contribution in [0.15, 0.2) is 24.3 Å². The van der Waals surface area contributed by atoms with Crippen molar-refractivity contribution in [1.29, 1.82) is 0 Å². The molecular weight excluding hydrogens is 263 g/mol. The molecule has 0 radical (unpaired) electrons. The largest absolute Gasteiger partial charge is 0.316 e. The summed E-state index contributed by atoms with van der Waals surface area (Å²) in [5.41, 5.74) is 1.01. The Morgan fingerprint density at radius 3 is 2.38 bits per heavy atom. The number of piperidine rings is 1. The van der Waals surface area contributed by atoms with Crippen molar-refractivity contribution in [3.8, 4) is 0 Å². The molecule has 0 aromatic heterocycles. The molecule has 0 amide bonds. The van der Waals surface area contributed by atoms with Crippen LogP contribution in [0, 0.1) is 23.2 Å². The van der Waals surface area contributed by atoms with Gasteiger partial charge >= 0.3 is 0 Å². The number of benzene rings is 1. The van der Waals surface area contributed by atoms with E-state index >= 15 is 0 Å². The first-order valence-electron chi connectivity index (χ1n) is 7.67. The molecule has 0 bridgehead atoms. The van der Waals surface area contributed by atoms with Crippen molar-refractivity contribution in [3.63, 3.8) is 0 Å². The Labute approximate surface area is 127 Å². The summed E-state index contributed by atoms with van der Waals surface area (Å²) >= 11 is 0. The molecule has 1 saturated heterocycles. The zero-order chi connectivity index (χ0) is 15.5. The lowest BCUT2D eigenvalue weighted by Crippen LogP contribution is -2.48. The lowest BCUT2D eigenvalue weighted by Gasteiger charge is -2.46. The van der Waals surface area contributed by atoms with Crippen LogP contribution in [0.1, 0.15) is 39.2 Å². The molecular formula is C18H25FN2. The number of nitrogens with zero attached hydrogens (tertiary/aromatic N) is 2. The summed E-state index contributed by atoms with van der Waals surface area (Å²) in [6.07, 6.45) is 2.04. The molecule has 1 aromatic carbocycles. The molecule has 0 N–H and O–H groups in total. The fourth-order valence-electron chi connectivity index (χ4n) is 3.30. The number of likely N-dealkylation sites (tertiary alicyclic amines) is 1. The Morgan fingerprint density at radius 2 is 1.86 bits per heavy atom. The molecule has 0 spiro atoms. The number of rotatable bonds is 3. The zero-order valence-electron chi connectivity index (χ0n) is 13.3. The van der Waals surface area contributed by atoms with Gasteiger partial charge in [0.2, 0.25) is 6.54 Å². The predicted molar refractivity (Wildman–Crippen MR) is 84.3 cm³/mol. The van der Waals surface area contributed by atoms with E-state index in [9.17, 15) is 4.39 Å². The Kier molecular flexibility index (Phi) is 4.68. The quantitative estimate of drug-likeness (QED) is 0.749. The van der Waals surface area contributed by atoms with Gasteiger partial charge in [0.25, 0.3) is 0 Å². The van der Waals surface area contributed by atoms with Crippen LogP contribution in [-0.2, 0) is 6.54 Å². The minimum Gasteiger partial charge on any atom is -0.316 e. The molecule has 1 aromatic rings. The maximum Gasteiger partial charge on any atom is 0.220 e. The smallest absolute Gasteiger partial charge is 0.220 e. The summed E-state index contributed by atoms with van der Waals surface area (Å²) in [4.78, 5) is 6.00. The highest BCUT2D eigenvalue weighted by Crippen LogP contribution is 2.47. The summed E-state index contributed by atoms with van der Waals surface area (Å²) in [6, 6.07) is 7.01. The second kappa shape index (κ2) is 6.15. The zero-order valence-corrected chi connectivity index (χ0v) is 13.3. The fourth-order valence-corrected chi connectivity index (χ4v) is 3.30. The van der Waals surface area contributed by atoms with Crippen LogP contribution in [0.4, 0.5) is 4.39 Å². The average Bonchev–Trinajstić information content (AvgIpc) is 2.42. The number of hydrogen-bond donors (Lipinski definition) is 0. The van der Waals surface area contributed by atoms with E-state index in [4.69, 9.17) is 6.57 Å². The minimum atomic E-state index is -0.119. The van der Waals surface area contributed by atoms with E-state index in [1.165, 1.54) is 6.07 Å². The Morgan fingerprint density at radius 1 is 1.24 bits per heavy atom. The van der Waals surface area contributed by atoms with Gasteiger partial charge in [0.15, 0.2) is 0 Å². The van der Waals surface area contributed by atoms with Gasteiger partial charge in [-0.1, -0.05) is 39.0 Å². The fraction of sp³-hybridized carbons (Fsp3) is 0.611. The van der Waals surface area contributed by atoms with E-state index in [0.29, 0.717) is 13.1 Å². The molecule has 0 atom stereocenters. The minimum absolute atomic E-state index is 0.0977. The summed E-state index contributed by atoms with van der Waals surface area (Å²) in [5, 5.41) is 0. The van der Waals surface area contributed by atoms with E-state index in [2.05, 4.69) is 30.5 Å². The Bertz CT molecular complexity index is 517. The molecule has 0 aliphatic carbocycles. The van der Waals surface area contributed by atoms with Gasteiger partial charge in [-0.25, -0.2) is 11.0 Å². The van der Waals surface area contributed by atoms with Crippen molar-refractivity contribution in [3.05, 3.63) is 47.1 Å². The van der Waals surface area contributed by atoms with E-state index in [1.54, 1.807) is 6.07 Å². The Hall–Kier alpha value is -1.40. The molecule has 1 aliphatic rings. The molecule has 0 saturated carbocycles. The summed E-state index contributed by atoms with van der Waals surface area (Å²) in [7, 11) is 0. The SMILES string of the molecule is [C-]#[N+]CC1(C(C)(C)C)CCN(Cc2ccccc2F)CC1. The van der Waals surface area contributed by atoms with Gasteiger partial charge in [0, 0.05) is 17.5 Å². The second-order valence-electron chi connectivity index (χ2n) is 7.21. The molecule has 21 heavy (non-hydrogen) atoms. The lowest BCUT2D eigenvalue weighted by molar-refractivity contribution is 0.0170. The van der Waals surface area contributed by atoms with Crippen molar-refractivity contribution in [2.75, 3.05) is 19.6 Å². The Balaban J connectivity index is 2.03. The molecule has 114 valence electrons. The van der Waals surface area contributed by atoms with E-state index in [-0.39, 0.29) is 16.6 Å². The van der Waals surface area contributed by atoms with Crippen LogP contribution in [0.3, 0.4) is 0 Å². The van der Waals surface area contributed by atoms with Gasteiger partial charge < -0.3 is 4.85 Å². The van der Waals surface area contributed by atoms with Crippen molar-refractivity contribution in [2.24, 2.45) is 10.8 Å². The van der Waals surface area contributed by atoms with Crippen LogP contribution in [0.5, 0.6) is 0 Å². The van der Waals surface area contributed by atoms with Crippen LogP contribution < -0.4 is 0 Å². The maximum atomic E-state index is 13.7. The number of halogens is 1. The second-order valence-corrected chi connectivity index (χ2v) is 7.21. The highest BCUT2D eigenvalue weighted by atomic mass is 19.1. The highest BCUT2D eigenvalue weighted by molar-refractivity contribution is 5.17. The van der Waals surface area contributed by atoms with Gasteiger partial charge in [0.05, 0.1) is 0 Å².